The monoisotopic (exact) mass is 351 g/mol. The number of nitro benzene ring substituents is 1. The average Bonchev–Trinajstić information content (AvgIpc) is 2.55. The summed E-state index contributed by atoms with van der Waals surface area (Å²) in [6.45, 7) is -0.104. The number of hydrogen-bond acceptors (Lipinski definition) is 5. The summed E-state index contributed by atoms with van der Waals surface area (Å²) >= 11 is 7.49. The van der Waals surface area contributed by atoms with Crippen molar-refractivity contribution in [3.63, 3.8) is 0 Å². The van der Waals surface area contributed by atoms with Crippen LogP contribution in [-0.4, -0.2) is 16.6 Å². The maximum absolute atomic E-state index is 11.7. The van der Waals surface area contributed by atoms with Crippen LogP contribution in [0.15, 0.2) is 53.4 Å². The zero-order chi connectivity index (χ0) is 16.7. The van der Waals surface area contributed by atoms with E-state index >= 15 is 0 Å². The fourth-order valence-corrected chi connectivity index (χ4v) is 3.02. The molecule has 7 heteroatoms. The van der Waals surface area contributed by atoms with Gasteiger partial charge in [0.05, 0.1) is 21.9 Å². The SMILES string of the molecule is O=C(CCSc1ccccc1Cl)OCc1ccccc1[N+](=O)[O-]. The zero-order valence-corrected chi connectivity index (χ0v) is 13.7. The van der Waals surface area contributed by atoms with Crippen molar-refractivity contribution in [2.24, 2.45) is 0 Å². The van der Waals surface area contributed by atoms with Crippen molar-refractivity contribution in [3.8, 4) is 0 Å². The summed E-state index contributed by atoms with van der Waals surface area (Å²) < 4.78 is 5.10. The van der Waals surface area contributed by atoms with Crippen molar-refractivity contribution in [2.75, 3.05) is 5.75 Å². The lowest BCUT2D eigenvalue weighted by Crippen LogP contribution is -2.07. The second-order valence-corrected chi connectivity index (χ2v) is 6.12. The van der Waals surface area contributed by atoms with Crippen molar-refractivity contribution >= 4 is 35.0 Å². The van der Waals surface area contributed by atoms with Crippen LogP contribution < -0.4 is 0 Å². The van der Waals surface area contributed by atoms with Crippen LogP contribution in [0.25, 0.3) is 0 Å². The number of carbonyl (C=O) groups is 1. The topological polar surface area (TPSA) is 69.4 Å². The van der Waals surface area contributed by atoms with Gasteiger partial charge in [0, 0.05) is 16.7 Å². The molecule has 0 aromatic heterocycles. The van der Waals surface area contributed by atoms with Crippen LogP contribution >= 0.6 is 23.4 Å². The van der Waals surface area contributed by atoms with Crippen LogP contribution in [0.5, 0.6) is 0 Å². The fourth-order valence-electron chi connectivity index (χ4n) is 1.85. The molecule has 5 nitrogen and oxygen atoms in total. The van der Waals surface area contributed by atoms with Gasteiger partial charge in [-0.05, 0) is 18.2 Å². The first-order valence-corrected chi connectivity index (χ1v) is 8.19. The van der Waals surface area contributed by atoms with Gasteiger partial charge < -0.3 is 4.74 Å². The molecule has 0 atom stereocenters. The van der Waals surface area contributed by atoms with Crippen molar-refractivity contribution < 1.29 is 14.5 Å². The van der Waals surface area contributed by atoms with E-state index in [0.29, 0.717) is 16.3 Å². The van der Waals surface area contributed by atoms with E-state index in [1.165, 1.54) is 17.8 Å². The molecule has 0 spiro atoms. The van der Waals surface area contributed by atoms with E-state index in [1.807, 2.05) is 18.2 Å². The molecule has 2 aromatic carbocycles. The smallest absolute Gasteiger partial charge is 0.306 e. The van der Waals surface area contributed by atoms with Crippen molar-refractivity contribution in [1.29, 1.82) is 0 Å². The first kappa shape index (κ1) is 17.3. The van der Waals surface area contributed by atoms with Crippen molar-refractivity contribution in [1.82, 2.24) is 0 Å². The summed E-state index contributed by atoms with van der Waals surface area (Å²) in [4.78, 5) is 23.0. The standard InChI is InChI=1S/C16H14ClNO4S/c17-13-6-2-4-8-15(13)23-10-9-16(19)22-11-12-5-1-3-7-14(12)18(20)21/h1-8H,9-11H2. The number of nitro groups is 1. The highest BCUT2D eigenvalue weighted by Gasteiger charge is 2.14. The number of rotatable bonds is 7. The van der Waals surface area contributed by atoms with Crippen LogP contribution in [0, 0.1) is 10.1 Å². The Morgan fingerprint density at radius 1 is 1.17 bits per heavy atom. The summed E-state index contributed by atoms with van der Waals surface area (Å²) in [5, 5.41) is 11.5. The normalized spacial score (nSPS) is 10.3. The fraction of sp³-hybridized carbons (Fsp3) is 0.188. The third-order valence-electron chi connectivity index (χ3n) is 2.98. The summed E-state index contributed by atoms with van der Waals surface area (Å²) in [5.74, 6) is 0.127. The molecule has 0 N–H and O–H groups in total. The maximum atomic E-state index is 11.7. The molecule has 0 aliphatic rings. The van der Waals surface area contributed by atoms with Gasteiger partial charge in [-0.15, -0.1) is 11.8 Å². The number of carbonyl (C=O) groups excluding carboxylic acids is 1. The van der Waals surface area contributed by atoms with Crippen LogP contribution in [0.1, 0.15) is 12.0 Å². The molecule has 0 heterocycles. The Balaban J connectivity index is 1.80. The highest BCUT2D eigenvalue weighted by molar-refractivity contribution is 7.99. The maximum Gasteiger partial charge on any atom is 0.306 e. The molecule has 0 aliphatic heterocycles. The highest BCUT2D eigenvalue weighted by atomic mass is 35.5. The van der Waals surface area contributed by atoms with E-state index in [2.05, 4.69) is 0 Å². The van der Waals surface area contributed by atoms with E-state index in [1.54, 1.807) is 24.3 Å². The van der Waals surface area contributed by atoms with Crippen LogP contribution in [0.2, 0.25) is 5.02 Å². The second kappa shape index (κ2) is 8.55. The molecule has 2 rings (SSSR count). The average molecular weight is 352 g/mol. The quantitative estimate of drug-likeness (QED) is 0.318. The van der Waals surface area contributed by atoms with Gasteiger partial charge in [0.15, 0.2) is 0 Å². The van der Waals surface area contributed by atoms with E-state index in [9.17, 15) is 14.9 Å². The molecule has 0 radical (unpaired) electrons. The zero-order valence-electron chi connectivity index (χ0n) is 12.1. The number of nitrogens with zero attached hydrogens (tertiary/aromatic N) is 1. The predicted octanol–water partition coefficient (Wildman–Crippen LogP) is 4.47. The van der Waals surface area contributed by atoms with Crippen LogP contribution in [-0.2, 0) is 16.1 Å². The predicted molar refractivity (Wildman–Crippen MR) is 89.7 cm³/mol. The summed E-state index contributed by atoms with van der Waals surface area (Å²) in [7, 11) is 0. The second-order valence-electron chi connectivity index (χ2n) is 4.58. The number of hydrogen-bond donors (Lipinski definition) is 0. The van der Waals surface area contributed by atoms with E-state index in [4.69, 9.17) is 16.3 Å². The Hall–Kier alpha value is -2.05. The van der Waals surface area contributed by atoms with Gasteiger partial charge in [0.2, 0.25) is 0 Å². The minimum atomic E-state index is -0.490. The van der Waals surface area contributed by atoms with Gasteiger partial charge >= 0.3 is 5.97 Å². The summed E-state index contributed by atoms with van der Waals surface area (Å²) in [5.41, 5.74) is 0.329. The molecule has 0 unspecified atom stereocenters. The Morgan fingerprint density at radius 3 is 2.61 bits per heavy atom. The molecule has 0 fully saturated rings. The van der Waals surface area contributed by atoms with Gasteiger partial charge in [-0.3, -0.25) is 14.9 Å². The molecule has 2 aromatic rings. The highest BCUT2D eigenvalue weighted by Crippen LogP contribution is 2.27. The number of halogens is 1. The molecule has 120 valence electrons. The molecular weight excluding hydrogens is 338 g/mol. The molecule has 23 heavy (non-hydrogen) atoms. The lowest BCUT2D eigenvalue weighted by Gasteiger charge is -2.06. The summed E-state index contributed by atoms with van der Waals surface area (Å²) in [6.07, 6.45) is 0.205. The van der Waals surface area contributed by atoms with Gasteiger partial charge in [0.1, 0.15) is 6.61 Å². The number of para-hydroxylation sites is 1. The van der Waals surface area contributed by atoms with Gasteiger partial charge in [-0.2, -0.15) is 0 Å². The Bertz CT molecular complexity index is 708. The Kier molecular flexibility index (Phi) is 6.43. The first-order valence-electron chi connectivity index (χ1n) is 6.83. The minimum Gasteiger partial charge on any atom is -0.461 e. The summed E-state index contributed by atoms with van der Waals surface area (Å²) in [6, 6.07) is 13.6. The molecule has 0 bridgehead atoms. The van der Waals surface area contributed by atoms with E-state index in [0.717, 1.165) is 4.90 Å². The molecule has 0 aliphatic carbocycles. The number of esters is 1. The first-order chi connectivity index (χ1) is 11.1. The van der Waals surface area contributed by atoms with Crippen LogP contribution in [0.3, 0.4) is 0 Å². The molecule has 0 saturated carbocycles. The van der Waals surface area contributed by atoms with Crippen molar-refractivity contribution in [2.45, 2.75) is 17.9 Å². The third-order valence-corrected chi connectivity index (χ3v) is 4.49. The van der Waals surface area contributed by atoms with Gasteiger partial charge in [0.25, 0.3) is 5.69 Å². The van der Waals surface area contributed by atoms with Gasteiger partial charge in [-0.25, -0.2) is 0 Å². The Labute approximate surface area is 142 Å². The van der Waals surface area contributed by atoms with Gasteiger partial charge in [-0.1, -0.05) is 35.9 Å². The largest absolute Gasteiger partial charge is 0.461 e. The van der Waals surface area contributed by atoms with E-state index < -0.39 is 10.9 Å². The van der Waals surface area contributed by atoms with E-state index in [-0.39, 0.29) is 18.7 Å². The molecular formula is C16H14ClNO4S. The lowest BCUT2D eigenvalue weighted by atomic mass is 10.2. The number of thioether (sulfide) groups is 1. The molecule has 0 amide bonds. The minimum absolute atomic E-state index is 0.0502. The number of ether oxygens (including phenoxy) is 1. The third kappa shape index (κ3) is 5.26. The lowest BCUT2D eigenvalue weighted by molar-refractivity contribution is -0.385. The van der Waals surface area contributed by atoms with Crippen molar-refractivity contribution in [3.05, 3.63) is 69.2 Å². The number of benzene rings is 2. The Morgan fingerprint density at radius 2 is 1.87 bits per heavy atom. The molecule has 0 saturated heterocycles. The van der Waals surface area contributed by atoms with Crippen LogP contribution in [0.4, 0.5) is 5.69 Å².